The van der Waals surface area contributed by atoms with Crippen molar-refractivity contribution in [1.29, 1.82) is 0 Å². The molecule has 1 heterocycles. The molecule has 1 fully saturated rings. The first-order valence-electron chi connectivity index (χ1n) is 5.41. The molecule has 0 bridgehead atoms. The Bertz CT molecular complexity index is 275. The molecule has 0 atom stereocenters. The van der Waals surface area contributed by atoms with E-state index < -0.39 is 0 Å². The van der Waals surface area contributed by atoms with Crippen LogP contribution in [0, 0.1) is 0 Å². The van der Waals surface area contributed by atoms with Crippen LogP contribution in [0.3, 0.4) is 0 Å². The van der Waals surface area contributed by atoms with Crippen LogP contribution in [0.4, 0.5) is 0 Å². The summed E-state index contributed by atoms with van der Waals surface area (Å²) in [5, 5.41) is 0. The minimum atomic E-state index is 0.533. The van der Waals surface area contributed by atoms with Crippen LogP contribution >= 0.6 is 0 Å². The molecular weight excluding hydrogens is 174 g/mol. The molecule has 1 aromatic rings. The topological polar surface area (TPSA) is 51.8 Å². The Morgan fingerprint density at radius 2 is 1.79 bits per heavy atom. The summed E-state index contributed by atoms with van der Waals surface area (Å²) in [4.78, 5) is 8.76. The molecule has 0 unspecified atom stereocenters. The fourth-order valence-corrected chi connectivity index (χ4v) is 2.04. The van der Waals surface area contributed by atoms with Crippen molar-refractivity contribution in [3.8, 4) is 0 Å². The molecule has 3 heteroatoms. The molecule has 0 aliphatic heterocycles. The Labute approximate surface area is 84.8 Å². The standard InChI is InChI=1S/C11H17N3/c12-6-9-7-13-11(14-8-9)10-4-2-1-3-5-10/h7-8,10H,1-6,12H2. The second kappa shape index (κ2) is 4.51. The molecule has 0 saturated heterocycles. The van der Waals surface area contributed by atoms with Gasteiger partial charge in [-0.05, 0) is 12.8 Å². The van der Waals surface area contributed by atoms with Gasteiger partial charge in [-0.1, -0.05) is 19.3 Å². The molecule has 2 rings (SSSR count). The van der Waals surface area contributed by atoms with Gasteiger partial charge < -0.3 is 5.73 Å². The van der Waals surface area contributed by atoms with Gasteiger partial charge in [0, 0.05) is 30.4 Å². The van der Waals surface area contributed by atoms with Crippen LogP contribution in [0.1, 0.15) is 49.4 Å². The molecule has 0 spiro atoms. The molecule has 76 valence electrons. The lowest BCUT2D eigenvalue weighted by Crippen LogP contribution is -2.09. The van der Waals surface area contributed by atoms with Crippen LogP contribution in [0.15, 0.2) is 12.4 Å². The summed E-state index contributed by atoms with van der Waals surface area (Å²) < 4.78 is 0. The molecule has 0 amide bonds. The molecule has 1 aliphatic rings. The van der Waals surface area contributed by atoms with E-state index in [9.17, 15) is 0 Å². The van der Waals surface area contributed by atoms with Gasteiger partial charge >= 0.3 is 0 Å². The highest BCUT2D eigenvalue weighted by Crippen LogP contribution is 2.30. The number of hydrogen-bond donors (Lipinski definition) is 1. The fourth-order valence-electron chi connectivity index (χ4n) is 2.04. The maximum atomic E-state index is 5.50. The third-order valence-corrected chi connectivity index (χ3v) is 2.93. The lowest BCUT2D eigenvalue weighted by molar-refractivity contribution is 0.428. The van der Waals surface area contributed by atoms with Crippen molar-refractivity contribution in [3.63, 3.8) is 0 Å². The Balaban J connectivity index is 2.07. The average molecular weight is 191 g/mol. The number of rotatable bonds is 2. The zero-order valence-electron chi connectivity index (χ0n) is 8.45. The second-order valence-corrected chi connectivity index (χ2v) is 3.99. The Morgan fingerprint density at radius 3 is 2.36 bits per heavy atom. The molecule has 0 aromatic carbocycles. The van der Waals surface area contributed by atoms with E-state index >= 15 is 0 Å². The average Bonchev–Trinajstić information content (AvgIpc) is 2.30. The summed E-state index contributed by atoms with van der Waals surface area (Å²) in [6, 6.07) is 0. The third kappa shape index (κ3) is 2.10. The quantitative estimate of drug-likeness (QED) is 0.777. The van der Waals surface area contributed by atoms with Gasteiger partial charge in [-0.15, -0.1) is 0 Å². The fraction of sp³-hybridized carbons (Fsp3) is 0.636. The van der Waals surface area contributed by atoms with Gasteiger partial charge in [0.1, 0.15) is 5.82 Å². The van der Waals surface area contributed by atoms with Crippen molar-refractivity contribution in [2.45, 2.75) is 44.6 Å². The predicted molar refractivity (Wildman–Crippen MR) is 55.7 cm³/mol. The van der Waals surface area contributed by atoms with E-state index in [4.69, 9.17) is 5.73 Å². The van der Waals surface area contributed by atoms with Crippen molar-refractivity contribution in [3.05, 3.63) is 23.8 Å². The van der Waals surface area contributed by atoms with Crippen molar-refractivity contribution >= 4 is 0 Å². The number of nitrogens with zero attached hydrogens (tertiary/aromatic N) is 2. The summed E-state index contributed by atoms with van der Waals surface area (Å²) in [5.41, 5.74) is 6.52. The van der Waals surface area contributed by atoms with Crippen molar-refractivity contribution in [1.82, 2.24) is 9.97 Å². The lowest BCUT2D eigenvalue weighted by atomic mass is 9.89. The van der Waals surface area contributed by atoms with Crippen molar-refractivity contribution in [2.24, 2.45) is 5.73 Å². The van der Waals surface area contributed by atoms with Crippen molar-refractivity contribution < 1.29 is 0 Å². The number of nitrogens with two attached hydrogens (primary N) is 1. The van der Waals surface area contributed by atoms with E-state index in [1.807, 2.05) is 12.4 Å². The highest BCUT2D eigenvalue weighted by molar-refractivity contribution is 5.07. The first kappa shape index (κ1) is 9.59. The molecule has 0 radical (unpaired) electrons. The smallest absolute Gasteiger partial charge is 0.131 e. The van der Waals surface area contributed by atoms with E-state index in [-0.39, 0.29) is 0 Å². The van der Waals surface area contributed by atoms with Crippen LogP contribution in [0.2, 0.25) is 0 Å². The summed E-state index contributed by atoms with van der Waals surface area (Å²) in [6.07, 6.45) is 10.2. The van der Waals surface area contributed by atoms with Gasteiger partial charge in [0.2, 0.25) is 0 Å². The summed E-state index contributed by atoms with van der Waals surface area (Å²) in [7, 11) is 0. The first-order chi connectivity index (χ1) is 6.90. The molecule has 2 N–H and O–H groups in total. The molecular formula is C11H17N3. The molecule has 1 aliphatic carbocycles. The minimum absolute atomic E-state index is 0.533. The summed E-state index contributed by atoms with van der Waals surface area (Å²) in [6.45, 7) is 0.533. The highest BCUT2D eigenvalue weighted by Gasteiger charge is 2.17. The zero-order valence-corrected chi connectivity index (χ0v) is 8.45. The molecule has 1 saturated carbocycles. The van der Waals surface area contributed by atoms with Crippen LogP contribution in [0.5, 0.6) is 0 Å². The molecule has 14 heavy (non-hydrogen) atoms. The summed E-state index contributed by atoms with van der Waals surface area (Å²) >= 11 is 0. The number of aromatic nitrogens is 2. The van der Waals surface area contributed by atoms with E-state index in [0.717, 1.165) is 11.4 Å². The summed E-state index contributed by atoms with van der Waals surface area (Å²) in [5.74, 6) is 1.61. The van der Waals surface area contributed by atoms with Gasteiger partial charge in [-0.3, -0.25) is 0 Å². The van der Waals surface area contributed by atoms with Crippen LogP contribution in [-0.4, -0.2) is 9.97 Å². The largest absolute Gasteiger partial charge is 0.326 e. The van der Waals surface area contributed by atoms with E-state index in [1.54, 1.807) is 0 Å². The van der Waals surface area contributed by atoms with Crippen molar-refractivity contribution in [2.75, 3.05) is 0 Å². The third-order valence-electron chi connectivity index (χ3n) is 2.93. The normalized spacial score (nSPS) is 18.4. The second-order valence-electron chi connectivity index (χ2n) is 3.99. The SMILES string of the molecule is NCc1cnc(C2CCCCC2)nc1. The predicted octanol–water partition coefficient (Wildman–Crippen LogP) is 1.98. The van der Waals surface area contributed by atoms with E-state index in [0.29, 0.717) is 12.5 Å². The van der Waals surface area contributed by atoms with Crippen LogP contribution < -0.4 is 5.73 Å². The maximum Gasteiger partial charge on any atom is 0.131 e. The van der Waals surface area contributed by atoms with Crippen LogP contribution in [-0.2, 0) is 6.54 Å². The van der Waals surface area contributed by atoms with E-state index in [1.165, 1.54) is 32.1 Å². The highest BCUT2D eigenvalue weighted by atomic mass is 14.9. The maximum absolute atomic E-state index is 5.50. The Morgan fingerprint density at radius 1 is 1.14 bits per heavy atom. The van der Waals surface area contributed by atoms with Gasteiger partial charge in [-0.2, -0.15) is 0 Å². The Kier molecular flexibility index (Phi) is 3.09. The lowest BCUT2D eigenvalue weighted by Gasteiger charge is -2.19. The Hall–Kier alpha value is -0.960. The minimum Gasteiger partial charge on any atom is -0.326 e. The monoisotopic (exact) mass is 191 g/mol. The van der Waals surface area contributed by atoms with Gasteiger partial charge in [-0.25, -0.2) is 9.97 Å². The van der Waals surface area contributed by atoms with E-state index in [2.05, 4.69) is 9.97 Å². The zero-order chi connectivity index (χ0) is 9.80. The number of hydrogen-bond acceptors (Lipinski definition) is 3. The first-order valence-corrected chi connectivity index (χ1v) is 5.41. The van der Waals surface area contributed by atoms with Crippen LogP contribution in [0.25, 0.3) is 0 Å². The van der Waals surface area contributed by atoms with Gasteiger partial charge in [0.25, 0.3) is 0 Å². The molecule has 3 nitrogen and oxygen atoms in total. The van der Waals surface area contributed by atoms with Gasteiger partial charge in [0.05, 0.1) is 0 Å². The van der Waals surface area contributed by atoms with Gasteiger partial charge in [0.15, 0.2) is 0 Å². The molecule has 1 aromatic heterocycles.